The standard InChI is InChI=1S/C23H20ClNO3S/c1-14-12-15(10-11-20(14)24)29(26,27)25-21-13-19-17-7-4-5-9-22(17)28-23(19)18-8-3-2-6-16(18)21/h2-3,6,8,10-13,25H,4-5,7,9H2,1H3. The van der Waals surface area contributed by atoms with E-state index in [0.29, 0.717) is 10.7 Å². The van der Waals surface area contributed by atoms with Crippen LogP contribution in [0.4, 0.5) is 5.69 Å². The molecule has 29 heavy (non-hydrogen) atoms. The lowest BCUT2D eigenvalue weighted by Crippen LogP contribution is -2.13. The molecule has 0 unspecified atom stereocenters. The first kappa shape index (κ1) is 18.5. The van der Waals surface area contributed by atoms with Crippen molar-refractivity contribution in [2.75, 3.05) is 4.72 Å². The van der Waals surface area contributed by atoms with Crippen LogP contribution in [-0.2, 0) is 22.9 Å². The van der Waals surface area contributed by atoms with Crippen molar-refractivity contribution in [1.82, 2.24) is 0 Å². The molecule has 1 aliphatic rings. The van der Waals surface area contributed by atoms with Crippen LogP contribution in [0.15, 0.2) is 57.8 Å². The number of rotatable bonds is 3. The first-order chi connectivity index (χ1) is 13.9. The number of aryl methyl sites for hydroxylation is 3. The first-order valence-corrected chi connectivity index (χ1v) is 11.5. The molecule has 6 heteroatoms. The Kier molecular flexibility index (Phi) is 4.33. The van der Waals surface area contributed by atoms with E-state index in [1.54, 1.807) is 19.1 Å². The second-order valence-corrected chi connectivity index (χ2v) is 9.66. The van der Waals surface area contributed by atoms with Crippen molar-refractivity contribution in [2.45, 2.75) is 37.5 Å². The number of hydrogen-bond donors (Lipinski definition) is 1. The molecule has 0 spiro atoms. The lowest BCUT2D eigenvalue weighted by atomic mass is 9.94. The van der Waals surface area contributed by atoms with Crippen molar-refractivity contribution in [3.63, 3.8) is 0 Å². The van der Waals surface area contributed by atoms with Gasteiger partial charge in [-0.15, -0.1) is 0 Å². The van der Waals surface area contributed by atoms with Crippen LogP contribution in [0.5, 0.6) is 0 Å². The molecule has 5 rings (SSSR count). The smallest absolute Gasteiger partial charge is 0.261 e. The van der Waals surface area contributed by atoms with Crippen molar-refractivity contribution in [3.8, 4) is 0 Å². The summed E-state index contributed by atoms with van der Waals surface area (Å²) < 4.78 is 35.2. The monoisotopic (exact) mass is 425 g/mol. The lowest BCUT2D eigenvalue weighted by molar-refractivity contribution is 0.507. The van der Waals surface area contributed by atoms with Gasteiger partial charge in [0.25, 0.3) is 10.0 Å². The molecule has 3 aromatic carbocycles. The Bertz CT molecular complexity index is 1370. The summed E-state index contributed by atoms with van der Waals surface area (Å²) in [5.74, 6) is 1.03. The van der Waals surface area contributed by atoms with Crippen molar-refractivity contribution in [1.29, 1.82) is 0 Å². The van der Waals surface area contributed by atoms with E-state index >= 15 is 0 Å². The maximum atomic E-state index is 13.1. The number of hydrogen-bond acceptors (Lipinski definition) is 3. The summed E-state index contributed by atoms with van der Waals surface area (Å²) in [6.45, 7) is 1.79. The number of halogens is 1. The normalized spacial score (nSPS) is 14.3. The Labute approximate surface area is 174 Å². The summed E-state index contributed by atoms with van der Waals surface area (Å²) in [6, 6.07) is 14.4. The minimum absolute atomic E-state index is 0.192. The number of nitrogens with one attached hydrogen (secondary N) is 1. The Balaban J connectivity index is 1.70. The highest BCUT2D eigenvalue weighted by Gasteiger charge is 2.23. The fourth-order valence-corrected chi connectivity index (χ4v) is 5.43. The van der Waals surface area contributed by atoms with E-state index < -0.39 is 10.0 Å². The molecule has 0 saturated heterocycles. The summed E-state index contributed by atoms with van der Waals surface area (Å²) in [6.07, 6.45) is 4.15. The third-order valence-electron chi connectivity index (χ3n) is 5.65. The highest BCUT2D eigenvalue weighted by atomic mass is 35.5. The molecule has 0 amide bonds. The maximum absolute atomic E-state index is 13.1. The van der Waals surface area contributed by atoms with Gasteiger partial charge >= 0.3 is 0 Å². The Morgan fingerprint density at radius 2 is 1.72 bits per heavy atom. The molecule has 0 bridgehead atoms. The van der Waals surface area contributed by atoms with Gasteiger partial charge in [-0.2, -0.15) is 0 Å². The second kappa shape index (κ2) is 6.78. The minimum atomic E-state index is -3.76. The highest BCUT2D eigenvalue weighted by Crippen LogP contribution is 2.39. The van der Waals surface area contributed by atoms with Crippen LogP contribution in [0.2, 0.25) is 5.02 Å². The SMILES string of the molecule is Cc1cc(S(=O)(=O)Nc2cc3c4c(oc3c3ccccc23)CCCC4)ccc1Cl. The van der Waals surface area contributed by atoms with Gasteiger partial charge in [-0.1, -0.05) is 35.9 Å². The fourth-order valence-electron chi connectivity index (χ4n) is 4.15. The average molecular weight is 426 g/mol. The van der Waals surface area contributed by atoms with Crippen molar-refractivity contribution in [3.05, 3.63) is 70.4 Å². The zero-order valence-corrected chi connectivity index (χ0v) is 17.5. The molecule has 1 N–H and O–H groups in total. The van der Waals surface area contributed by atoms with Gasteiger partial charge in [0.15, 0.2) is 0 Å². The molecule has 0 atom stereocenters. The number of benzene rings is 3. The van der Waals surface area contributed by atoms with Gasteiger partial charge in [-0.25, -0.2) is 8.42 Å². The largest absolute Gasteiger partial charge is 0.460 e. The van der Waals surface area contributed by atoms with Gasteiger partial charge in [0.2, 0.25) is 0 Å². The summed E-state index contributed by atoms with van der Waals surface area (Å²) in [5, 5.41) is 3.29. The van der Waals surface area contributed by atoms with Gasteiger partial charge in [-0.3, -0.25) is 4.72 Å². The van der Waals surface area contributed by atoms with Crippen molar-refractivity contribution < 1.29 is 12.8 Å². The van der Waals surface area contributed by atoms with E-state index in [1.165, 1.54) is 11.6 Å². The molecular formula is C23H20ClNO3S. The molecule has 0 saturated carbocycles. The van der Waals surface area contributed by atoms with E-state index in [9.17, 15) is 8.42 Å². The Morgan fingerprint density at radius 3 is 2.52 bits per heavy atom. The van der Waals surface area contributed by atoms with Gasteiger partial charge in [0.05, 0.1) is 10.6 Å². The minimum Gasteiger partial charge on any atom is -0.460 e. The first-order valence-electron chi connectivity index (χ1n) is 9.69. The summed E-state index contributed by atoms with van der Waals surface area (Å²) in [4.78, 5) is 0.192. The molecule has 0 fully saturated rings. The van der Waals surface area contributed by atoms with Gasteiger partial charge in [-0.05, 0) is 56.0 Å². The molecule has 0 radical (unpaired) electrons. The lowest BCUT2D eigenvalue weighted by Gasteiger charge is -2.13. The van der Waals surface area contributed by atoms with Crippen LogP contribution in [0.1, 0.15) is 29.7 Å². The van der Waals surface area contributed by atoms with Gasteiger partial charge in [0.1, 0.15) is 11.3 Å². The third-order valence-corrected chi connectivity index (χ3v) is 7.43. The van der Waals surface area contributed by atoms with Crippen LogP contribution < -0.4 is 4.72 Å². The number of sulfonamides is 1. The summed E-state index contributed by atoms with van der Waals surface area (Å²) in [5.41, 5.74) is 3.34. The van der Waals surface area contributed by atoms with E-state index in [2.05, 4.69) is 4.72 Å². The predicted octanol–water partition coefficient (Wildman–Crippen LogP) is 6.23. The van der Waals surface area contributed by atoms with Crippen LogP contribution >= 0.6 is 11.6 Å². The zero-order chi connectivity index (χ0) is 20.2. The number of anilines is 1. The van der Waals surface area contributed by atoms with Crippen molar-refractivity contribution >= 4 is 49.1 Å². The van der Waals surface area contributed by atoms with Gasteiger partial charge < -0.3 is 4.42 Å². The molecule has 4 nitrogen and oxygen atoms in total. The molecule has 1 heterocycles. The second-order valence-electron chi connectivity index (χ2n) is 7.57. The van der Waals surface area contributed by atoms with E-state index in [0.717, 1.165) is 58.7 Å². The zero-order valence-electron chi connectivity index (χ0n) is 16.0. The van der Waals surface area contributed by atoms with Crippen LogP contribution in [0.25, 0.3) is 21.7 Å². The maximum Gasteiger partial charge on any atom is 0.261 e. The quantitative estimate of drug-likeness (QED) is 0.423. The molecule has 148 valence electrons. The molecular weight excluding hydrogens is 406 g/mol. The topological polar surface area (TPSA) is 59.3 Å². The highest BCUT2D eigenvalue weighted by molar-refractivity contribution is 7.92. The Morgan fingerprint density at radius 1 is 0.966 bits per heavy atom. The number of fused-ring (bicyclic) bond motifs is 5. The van der Waals surface area contributed by atoms with E-state index in [-0.39, 0.29) is 4.90 Å². The third kappa shape index (κ3) is 3.09. The number of furan rings is 1. The molecule has 1 aromatic heterocycles. The average Bonchev–Trinajstić information content (AvgIpc) is 3.09. The molecule has 4 aromatic rings. The Hall–Kier alpha value is -2.50. The van der Waals surface area contributed by atoms with Crippen LogP contribution in [0.3, 0.4) is 0 Å². The van der Waals surface area contributed by atoms with Crippen molar-refractivity contribution in [2.24, 2.45) is 0 Å². The molecule has 0 aliphatic heterocycles. The van der Waals surface area contributed by atoms with Gasteiger partial charge in [0, 0.05) is 33.2 Å². The predicted molar refractivity (Wildman–Crippen MR) is 117 cm³/mol. The van der Waals surface area contributed by atoms with Crippen LogP contribution in [0, 0.1) is 6.92 Å². The summed E-state index contributed by atoms with van der Waals surface area (Å²) >= 11 is 6.06. The fraction of sp³-hybridized carbons (Fsp3) is 0.217. The summed E-state index contributed by atoms with van der Waals surface area (Å²) in [7, 11) is -3.76. The van der Waals surface area contributed by atoms with E-state index in [1.807, 2.05) is 30.3 Å². The van der Waals surface area contributed by atoms with E-state index in [4.69, 9.17) is 16.0 Å². The molecule has 1 aliphatic carbocycles. The van der Waals surface area contributed by atoms with Crippen LogP contribution in [-0.4, -0.2) is 8.42 Å².